The third-order valence-corrected chi connectivity index (χ3v) is 2.75. The second kappa shape index (κ2) is 4.41. The lowest BCUT2D eigenvalue weighted by Gasteiger charge is -2.06. The van der Waals surface area contributed by atoms with Gasteiger partial charge in [0.15, 0.2) is 6.29 Å². The SMILES string of the molecule is Cc1nnc(-c2ccccc2)c(C=O)c1Cl. The number of hydrogen-bond donors (Lipinski definition) is 0. The Morgan fingerprint density at radius 1 is 1.19 bits per heavy atom. The maximum atomic E-state index is 11.0. The maximum absolute atomic E-state index is 11.0. The van der Waals surface area contributed by atoms with Crippen LogP contribution in [0.4, 0.5) is 0 Å². The summed E-state index contributed by atoms with van der Waals surface area (Å²) in [6.45, 7) is 1.72. The molecule has 4 heteroatoms. The summed E-state index contributed by atoms with van der Waals surface area (Å²) in [4.78, 5) is 11.0. The quantitative estimate of drug-likeness (QED) is 0.748. The van der Waals surface area contributed by atoms with Crippen molar-refractivity contribution < 1.29 is 4.79 Å². The number of rotatable bonds is 2. The molecule has 1 aromatic heterocycles. The van der Waals surface area contributed by atoms with Gasteiger partial charge in [-0.25, -0.2) is 0 Å². The lowest BCUT2D eigenvalue weighted by atomic mass is 10.1. The Kier molecular flexibility index (Phi) is 2.97. The van der Waals surface area contributed by atoms with Crippen LogP contribution in [-0.2, 0) is 0 Å². The molecule has 0 aliphatic heterocycles. The van der Waals surface area contributed by atoms with Gasteiger partial charge in [0.1, 0.15) is 5.69 Å². The summed E-state index contributed by atoms with van der Waals surface area (Å²) in [7, 11) is 0. The number of hydrogen-bond acceptors (Lipinski definition) is 3. The van der Waals surface area contributed by atoms with Gasteiger partial charge in [-0.15, -0.1) is 5.10 Å². The summed E-state index contributed by atoms with van der Waals surface area (Å²) >= 11 is 6.01. The zero-order valence-corrected chi connectivity index (χ0v) is 9.40. The number of carbonyl (C=O) groups is 1. The summed E-state index contributed by atoms with van der Waals surface area (Å²) in [6.07, 6.45) is 0.715. The molecule has 1 heterocycles. The Morgan fingerprint density at radius 3 is 2.50 bits per heavy atom. The van der Waals surface area contributed by atoms with Crippen molar-refractivity contribution in [3.63, 3.8) is 0 Å². The molecular formula is C12H9ClN2O. The number of halogens is 1. The number of benzene rings is 1. The predicted molar refractivity (Wildman–Crippen MR) is 62.6 cm³/mol. The Morgan fingerprint density at radius 2 is 1.88 bits per heavy atom. The number of aldehydes is 1. The van der Waals surface area contributed by atoms with Crippen molar-refractivity contribution in [2.24, 2.45) is 0 Å². The molecule has 3 nitrogen and oxygen atoms in total. The first-order valence-corrected chi connectivity index (χ1v) is 5.15. The monoisotopic (exact) mass is 232 g/mol. The van der Waals surface area contributed by atoms with Crippen LogP contribution in [0.25, 0.3) is 11.3 Å². The number of carbonyl (C=O) groups excluding carboxylic acids is 1. The first-order chi connectivity index (χ1) is 7.74. The number of nitrogens with zero attached hydrogens (tertiary/aromatic N) is 2. The van der Waals surface area contributed by atoms with Crippen molar-refractivity contribution in [3.05, 3.63) is 46.6 Å². The van der Waals surface area contributed by atoms with Crippen LogP contribution < -0.4 is 0 Å². The minimum atomic E-state index is 0.365. The van der Waals surface area contributed by atoms with Crippen LogP contribution in [-0.4, -0.2) is 16.5 Å². The van der Waals surface area contributed by atoms with E-state index in [1.807, 2.05) is 30.3 Å². The second-order valence-corrected chi connectivity index (χ2v) is 3.72. The molecule has 80 valence electrons. The molecular weight excluding hydrogens is 224 g/mol. The lowest BCUT2D eigenvalue weighted by molar-refractivity contribution is 0.112. The summed E-state index contributed by atoms with van der Waals surface area (Å²) in [6, 6.07) is 9.37. The second-order valence-electron chi connectivity index (χ2n) is 3.35. The van der Waals surface area contributed by atoms with E-state index in [9.17, 15) is 4.79 Å². The van der Waals surface area contributed by atoms with Gasteiger partial charge in [-0.1, -0.05) is 41.9 Å². The Hall–Kier alpha value is -1.74. The van der Waals surface area contributed by atoms with Gasteiger partial charge in [0.2, 0.25) is 0 Å². The molecule has 0 unspecified atom stereocenters. The highest BCUT2D eigenvalue weighted by Crippen LogP contribution is 2.26. The van der Waals surface area contributed by atoms with Gasteiger partial charge in [0.25, 0.3) is 0 Å². The molecule has 0 bridgehead atoms. The highest BCUT2D eigenvalue weighted by atomic mass is 35.5. The lowest BCUT2D eigenvalue weighted by Crippen LogP contribution is -1.99. The molecule has 0 aliphatic carbocycles. The van der Waals surface area contributed by atoms with Crippen molar-refractivity contribution in [1.29, 1.82) is 0 Å². The molecule has 0 amide bonds. The van der Waals surface area contributed by atoms with Crippen molar-refractivity contribution in [2.75, 3.05) is 0 Å². The highest BCUT2D eigenvalue weighted by molar-refractivity contribution is 6.34. The molecule has 16 heavy (non-hydrogen) atoms. The first kappa shape index (κ1) is 10.8. The van der Waals surface area contributed by atoms with E-state index in [0.717, 1.165) is 5.56 Å². The Balaban J connectivity index is 2.67. The van der Waals surface area contributed by atoms with Gasteiger partial charge in [0.05, 0.1) is 16.3 Å². The van der Waals surface area contributed by atoms with Gasteiger partial charge >= 0.3 is 0 Å². The molecule has 0 N–H and O–H groups in total. The Labute approximate surface area is 98.1 Å². The first-order valence-electron chi connectivity index (χ1n) is 4.77. The van der Waals surface area contributed by atoms with Crippen LogP contribution in [0.15, 0.2) is 30.3 Å². The van der Waals surface area contributed by atoms with Gasteiger partial charge in [-0.2, -0.15) is 5.10 Å². The van der Waals surface area contributed by atoms with Crippen molar-refractivity contribution >= 4 is 17.9 Å². The fourth-order valence-electron chi connectivity index (χ4n) is 1.44. The molecule has 0 spiro atoms. The van der Waals surface area contributed by atoms with E-state index in [0.29, 0.717) is 28.3 Å². The third kappa shape index (κ3) is 1.82. The molecule has 0 aliphatic rings. The molecule has 0 radical (unpaired) electrons. The fraction of sp³-hybridized carbons (Fsp3) is 0.0833. The maximum Gasteiger partial charge on any atom is 0.153 e. The minimum absolute atomic E-state index is 0.365. The number of aromatic nitrogens is 2. The van der Waals surface area contributed by atoms with Crippen LogP contribution in [0.1, 0.15) is 16.1 Å². The highest BCUT2D eigenvalue weighted by Gasteiger charge is 2.13. The van der Waals surface area contributed by atoms with Crippen molar-refractivity contribution in [1.82, 2.24) is 10.2 Å². The van der Waals surface area contributed by atoms with E-state index < -0.39 is 0 Å². The van der Waals surface area contributed by atoms with Crippen LogP contribution >= 0.6 is 11.6 Å². The average Bonchev–Trinajstić information content (AvgIpc) is 2.33. The summed E-state index contributed by atoms with van der Waals surface area (Å²) < 4.78 is 0. The predicted octanol–water partition coefficient (Wildman–Crippen LogP) is 2.92. The summed E-state index contributed by atoms with van der Waals surface area (Å²) in [5, 5.41) is 8.30. The van der Waals surface area contributed by atoms with E-state index in [1.165, 1.54) is 0 Å². The van der Waals surface area contributed by atoms with Crippen LogP contribution in [0.2, 0.25) is 5.02 Å². The number of aryl methyl sites for hydroxylation is 1. The molecule has 2 aromatic rings. The molecule has 0 atom stereocenters. The minimum Gasteiger partial charge on any atom is -0.298 e. The van der Waals surface area contributed by atoms with E-state index in [1.54, 1.807) is 6.92 Å². The smallest absolute Gasteiger partial charge is 0.153 e. The fourth-order valence-corrected chi connectivity index (χ4v) is 1.61. The average molecular weight is 233 g/mol. The van der Waals surface area contributed by atoms with Gasteiger partial charge in [-0.05, 0) is 6.92 Å². The van der Waals surface area contributed by atoms with Crippen LogP contribution in [0, 0.1) is 6.92 Å². The molecule has 0 fully saturated rings. The normalized spacial score (nSPS) is 10.1. The molecule has 0 saturated heterocycles. The zero-order chi connectivity index (χ0) is 11.5. The van der Waals surface area contributed by atoms with Gasteiger partial charge in [0, 0.05) is 5.56 Å². The largest absolute Gasteiger partial charge is 0.298 e. The Bertz CT molecular complexity index is 526. The standard InChI is InChI=1S/C12H9ClN2O/c1-8-11(13)10(7-16)12(15-14-8)9-5-3-2-4-6-9/h2-7H,1H3. The van der Waals surface area contributed by atoms with E-state index in [4.69, 9.17) is 11.6 Å². The molecule has 1 aromatic carbocycles. The molecule has 2 rings (SSSR count). The zero-order valence-electron chi connectivity index (χ0n) is 8.64. The van der Waals surface area contributed by atoms with Gasteiger partial charge in [-0.3, -0.25) is 4.79 Å². The topological polar surface area (TPSA) is 42.9 Å². The molecule has 0 saturated carbocycles. The van der Waals surface area contributed by atoms with Gasteiger partial charge < -0.3 is 0 Å². The third-order valence-electron chi connectivity index (χ3n) is 2.27. The van der Waals surface area contributed by atoms with E-state index in [2.05, 4.69) is 10.2 Å². The summed E-state index contributed by atoms with van der Waals surface area (Å²) in [5.41, 5.74) is 2.30. The van der Waals surface area contributed by atoms with Crippen molar-refractivity contribution in [2.45, 2.75) is 6.92 Å². The van der Waals surface area contributed by atoms with E-state index in [-0.39, 0.29) is 0 Å². The van der Waals surface area contributed by atoms with E-state index >= 15 is 0 Å². The van der Waals surface area contributed by atoms with Crippen LogP contribution in [0.3, 0.4) is 0 Å². The summed E-state index contributed by atoms with van der Waals surface area (Å²) in [5.74, 6) is 0. The van der Waals surface area contributed by atoms with Crippen molar-refractivity contribution in [3.8, 4) is 11.3 Å². The van der Waals surface area contributed by atoms with Crippen LogP contribution in [0.5, 0.6) is 0 Å².